The summed E-state index contributed by atoms with van der Waals surface area (Å²) in [6.45, 7) is 4.19. The fourth-order valence-electron chi connectivity index (χ4n) is 2.27. The maximum Gasteiger partial charge on any atom is 0.252 e. The summed E-state index contributed by atoms with van der Waals surface area (Å²) in [5.74, 6) is 0.235. The number of carbonyl (C=O) groups excluding carboxylic acids is 1. The minimum atomic E-state index is -0.150. The number of hydrogen-bond acceptors (Lipinski definition) is 4. The van der Waals surface area contributed by atoms with Gasteiger partial charge in [-0.2, -0.15) is 0 Å². The Balaban J connectivity index is 1.89. The Bertz CT molecular complexity index is 490. The minimum absolute atomic E-state index is 0.0764. The lowest BCUT2D eigenvalue weighted by Gasteiger charge is -2.23. The standard InChI is InChI=1S/C16H23ClN2O3/c1-2-3-4-7-18-15(20)12-10-14(17)16(19-11-12)22-13-5-8-21-9-6-13/h10-11,13H,2-9H2,1H3,(H,18,20). The van der Waals surface area contributed by atoms with Gasteiger partial charge in [0.15, 0.2) is 0 Å². The van der Waals surface area contributed by atoms with Gasteiger partial charge in [-0.1, -0.05) is 31.4 Å². The molecule has 0 aromatic carbocycles. The summed E-state index contributed by atoms with van der Waals surface area (Å²) in [6.07, 6.45) is 6.46. The Hall–Kier alpha value is -1.33. The van der Waals surface area contributed by atoms with Crippen LogP contribution in [0.5, 0.6) is 5.88 Å². The number of unbranched alkanes of at least 4 members (excludes halogenated alkanes) is 2. The van der Waals surface area contributed by atoms with Crippen LogP contribution in [-0.2, 0) is 4.74 Å². The molecule has 1 aliphatic heterocycles. The number of hydrogen-bond donors (Lipinski definition) is 1. The lowest BCUT2D eigenvalue weighted by Crippen LogP contribution is -2.27. The summed E-state index contributed by atoms with van der Waals surface area (Å²) in [6, 6.07) is 1.61. The Morgan fingerprint density at radius 1 is 1.45 bits per heavy atom. The monoisotopic (exact) mass is 326 g/mol. The van der Waals surface area contributed by atoms with Crippen molar-refractivity contribution in [2.75, 3.05) is 19.8 Å². The highest BCUT2D eigenvalue weighted by atomic mass is 35.5. The van der Waals surface area contributed by atoms with Crippen molar-refractivity contribution < 1.29 is 14.3 Å². The van der Waals surface area contributed by atoms with Crippen molar-refractivity contribution in [3.8, 4) is 5.88 Å². The van der Waals surface area contributed by atoms with Crippen LogP contribution >= 0.6 is 11.6 Å². The SMILES string of the molecule is CCCCCNC(=O)c1cnc(OC2CCOCC2)c(Cl)c1. The van der Waals surface area contributed by atoms with E-state index in [0.717, 1.165) is 32.1 Å². The molecule has 6 heteroatoms. The average molecular weight is 327 g/mol. The van der Waals surface area contributed by atoms with Crippen molar-refractivity contribution in [2.45, 2.75) is 45.1 Å². The van der Waals surface area contributed by atoms with E-state index in [0.29, 0.717) is 36.2 Å². The van der Waals surface area contributed by atoms with Gasteiger partial charge in [0.25, 0.3) is 5.91 Å². The Morgan fingerprint density at radius 2 is 2.23 bits per heavy atom. The van der Waals surface area contributed by atoms with Gasteiger partial charge >= 0.3 is 0 Å². The van der Waals surface area contributed by atoms with Crippen molar-refractivity contribution >= 4 is 17.5 Å². The number of aromatic nitrogens is 1. The van der Waals surface area contributed by atoms with E-state index in [2.05, 4.69) is 17.2 Å². The molecule has 1 fully saturated rings. The van der Waals surface area contributed by atoms with Gasteiger partial charge in [-0.3, -0.25) is 4.79 Å². The van der Waals surface area contributed by atoms with Gasteiger partial charge in [-0.05, 0) is 12.5 Å². The van der Waals surface area contributed by atoms with Crippen molar-refractivity contribution in [2.24, 2.45) is 0 Å². The molecule has 2 heterocycles. The molecule has 0 radical (unpaired) electrons. The number of pyridine rings is 1. The average Bonchev–Trinajstić information content (AvgIpc) is 2.54. The van der Waals surface area contributed by atoms with Crippen LogP contribution in [0.2, 0.25) is 5.02 Å². The van der Waals surface area contributed by atoms with E-state index in [1.165, 1.54) is 6.20 Å². The summed E-state index contributed by atoms with van der Waals surface area (Å²) >= 11 is 6.18. The molecule has 1 saturated heterocycles. The molecule has 1 N–H and O–H groups in total. The smallest absolute Gasteiger partial charge is 0.252 e. The molecule has 0 aliphatic carbocycles. The van der Waals surface area contributed by atoms with Crippen LogP contribution < -0.4 is 10.1 Å². The van der Waals surface area contributed by atoms with E-state index < -0.39 is 0 Å². The van der Waals surface area contributed by atoms with Crippen molar-refractivity contribution in [3.05, 3.63) is 22.8 Å². The fourth-order valence-corrected chi connectivity index (χ4v) is 2.48. The molecule has 22 heavy (non-hydrogen) atoms. The Morgan fingerprint density at radius 3 is 2.91 bits per heavy atom. The molecule has 0 bridgehead atoms. The summed E-state index contributed by atoms with van der Waals surface area (Å²) in [5.41, 5.74) is 0.459. The van der Waals surface area contributed by atoms with E-state index in [4.69, 9.17) is 21.1 Å². The quantitative estimate of drug-likeness (QED) is 0.782. The van der Waals surface area contributed by atoms with Gasteiger partial charge in [-0.25, -0.2) is 4.98 Å². The number of amides is 1. The number of carbonyl (C=O) groups is 1. The van der Waals surface area contributed by atoms with Gasteiger partial charge in [-0.15, -0.1) is 0 Å². The molecule has 0 saturated carbocycles. The first-order valence-electron chi connectivity index (χ1n) is 7.89. The number of nitrogens with zero attached hydrogens (tertiary/aromatic N) is 1. The third kappa shape index (κ3) is 5.14. The van der Waals surface area contributed by atoms with Gasteiger partial charge < -0.3 is 14.8 Å². The van der Waals surface area contributed by atoms with Crippen LogP contribution in [0.15, 0.2) is 12.3 Å². The van der Waals surface area contributed by atoms with E-state index >= 15 is 0 Å². The van der Waals surface area contributed by atoms with Crippen LogP contribution in [-0.4, -0.2) is 36.8 Å². The van der Waals surface area contributed by atoms with Crippen molar-refractivity contribution in [3.63, 3.8) is 0 Å². The summed E-state index contributed by atoms with van der Waals surface area (Å²) in [5, 5.41) is 3.24. The highest BCUT2D eigenvalue weighted by Crippen LogP contribution is 2.25. The summed E-state index contributed by atoms with van der Waals surface area (Å²) in [7, 11) is 0. The molecule has 2 rings (SSSR count). The molecule has 0 atom stereocenters. The second-order valence-electron chi connectivity index (χ2n) is 5.40. The molecular formula is C16H23ClN2O3. The Kier molecular flexibility index (Phi) is 6.93. The van der Waals surface area contributed by atoms with Gasteiger partial charge in [0, 0.05) is 25.6 Å². The normalized spacial score (nSPS) is 15.5. The van der Waals surface area contributed by atoms with Crippen LogP contribution in [0.4, 0.5) is 0 Å². The molecule has 122 valence electrons. The first kappa shape index (κ1) is 17.0. The molecule has 1 aliphatic rings. The fraction of sp³-hybridized carbons (Fsp3) is 0.625. The first-order valence-corrected chi connectivity index (χ1v) is 8.26. The van der Waals surface area contributed by atoms with E-state index in [9.17, 15) is 4.79 Å². The van der Waals surface area contributed by atoms with Gasteiger partial charge in [0.05, 0.1) is 18.8 Å². The largest absolute Gasteiger partial charge is 0.473 e. The highest BCUT2D eigenvalue weighted by molar-refractivity contribution is 6.32. The second kappa shape index (κ2) is 8.96. The molecule has 5 nitrogen and oxygen atoms in total. The lowest BCUT2D eigenvalue weighted by atomic mass is 10.1. The van der Waals surface area contributed by atoms with E-state index in [-0.39, 0.29) is 12.0 Å². The van der Waals surface area contributed by atoms with Crippen molar-refractivity contribution in [1.29, 1.82) is 0 Å². The third-order valence-corrected chi connectivity index (χ3v) is 3.85. The van der Waals surface area contributed by atoms with Gasteiger partial charge in [0.1, 0.15) is 11.1 Å². The molecule has 1 aromatic heterocycles. The molecule has 1 aromatic rings. The first-order chi connectivity index (χ1) is 10.7. The predicted molar refractivity (Wildman–Crippen MR) is 85.6 cm³/mol. The molecule has 1 amide bonds. The van der Waals surface area contributed by atoms with E-state index in [1.54, 1.807) is 6.07 Å². The zero-order valence-corrected chi connectivity index (χ0v) is 13.7. The number of ether oxygens (including phenoxy) is 2. The van der Waals surface area contributed by atoms with Crippen LogP contribution in [0.25, 0.3) is 0 Å². The van der Waals surface area contributed by atoms with Crippen LogP contribution in [0.3, 0.4) is 0 Å². The zero-order valence-electron chi connectivity index (χ0n) is 12.9. The zero-order chi connectivity index (χ0) is 15.8. The molecule has 0 spiro atoms. The number of rotatable bonds is 7. The lowest BCUT2D eigenvalue weighted by molar-refractivity contribution is 0.0238. The predicted octanol–water partition coefficient (Wildman–Crippen LogP) is 3.21. The Labute approximate surface area is 136 Å². The number of halogens is 1. The van der Waals surface area contributed by atoms with Crippen LogP contribution in [0, 0.1) is 0 Å². The molecule has 0 unspecified atom stereocenters. The maximum atomic E-state index is 12.0. The van der Waals surface area contributed by atoms with Crippen LogP contribution in [0.1, 0.15) is 49.4 Å². The second-order valence-corrected chi connectivity index (χ2v) is 5.81. The summed E-state index contributed by atoms with van der Waals surface area (Å²) < 4.78 is 11.1. The summed E-state index contributed by atoms with van der Waals surface area (Å²) in [4.78, 5) is 16.2. The van der Waals surface area contributed by atoms with Crippen molar-refractivity contribution in [1.82, 2.24) is 10.3 Å². The topological polar surface area (TPSA) is 60.5 Å². The highest BCUT2D eigenvalue weighted by Gasteiger charge is 2.18. The van der Waals surface area contributed by atoms with Gasteiger partial charge in [0.2, 0.25) is 5.88 Å². The van der Waals surface area contributed by atoms with E-state index in [1.807, 2.05) is 0 Å². The minimum Gasteiger partial charge on any atom is -0.473 e. The maximum absolute atomic E-state index is 12.0. The molecular weight excluding hydrogens is 304 g/mol. The third-order valence-electron chi connectivity index (χ3n) is 3.58. The number of nitrogens with one attached hydrogen (secondary N) is 1.